The molecule has 1 aromatic rings. The van der Waals surface area contributed by atoms with Gasteiger partial charge in [0.1, 0.15) is 6.54 Å². The summed E-state index contributed by atoms with van der Waals surface area (Å²) in [6.45, 7) is 4.01. The van der Waals surface area contributed by atoms with E-state index in [4.69, 9.17) is 16.3 Å². The number of hydrogen-bond acceptors (Lipinski definition) is 5. The summed E-state index contributed by atoms with van der Waals surface area (Å²) in [6, 6.07) is -0.542. The molecule has 0 unspecified atom stereocenters. The van der Waals surface area contributed by atoms with Crippen LogP contribution in [-0.2, 0) is 0 Å². The minimum Gasteiger partial charge on any atom is -0.464 e. The lowest BCUT2D eigenvalue weighted by Crippen LogP contribution is -2.40. The second kappa shape index (κ2) is 6.23. The van der Waals surface area contributed by atoms with Crippen LogP contribution in [0.1, 0.15) is 20.8 Å². The summed E-state index contributed by atoms with van der Waals surface area (Å²) in [5.41, 5.74) is 0. The van der Waals surface area contributed by atoms with Gasteiger partial charge < -0.3 is 9.64 Å². The van der Waals surface area contributed by atoms with E-state index in [-0.39, 0.29) is 23.8 Å². The minimum atomic E-state index is -4.37. The second-order valence-corrected chi connectivity index (χ2v) is 4.29. The molecule has 0 aliphatic carbocycles. The normalized spacial score (nSPS) is 11.8. The average molecular weight is 299 g/mol. The van der Waals surface area contributed by atoms with Gasteiger partial charge in [0.15, 0.2) is 0 Å². The highest BCUT2D eigenvalue weighted by Gasteiger charge is 2.33. The van der Waals surface area contributed by atoms with Crippen molar-refractivity contribution in [2.75, 3.05) is 18.1 Å². The van der Waals surface area contributed by atoms with Crippen LogP contribution in [0.3, 0.4) is 0 Å². The van der Waals surface area contributed by atoms with Crippen LogP contribution in [0.5, 0.6) is 6.01 Å². The number of anilines is 1. The summed E-state index contributed by atoms with van der Waals surface area (Å²) in [5, 5.41) is -0.207. The summed E-state index contributed by atoms with van der Waals surface area (Å²) in [6.07, 6.45) is -4.37. The lowest BCUT2D eigenvalue weighted by molar-refractivity contribution is -0.120. The molecule has 108 valence electrons. The van der Waals surface area contributed by atoms with Crippen molar-refractivity contribution >= 4 is 17.5 Å². The van der Waals surface area contributed by atoms with E-state index in [0.717, 1.165) is 4.90 Å². The van der Waals surface area contributed by atoms with Crippen LogP contribution < -0.4 is 9.64 Å². The van der Waals surface area contributed by atoms with Crippen LogP contribution in [0.15, 0.2) is 0 Å². The fourth-order valence-electron chi connectivity index (χ4n) is 1.32. The number of ether oxygens (including phenoxy) is 1. The van der Waals surface area contributed by atoms with Crippen LogP contribution >= 0.6 is 11.6 Å². The Balaban J connectivity index is 3.08. The van der Waals surface area contributed by atoms with Gasteiger partial charge in [0.05, 0.1) is 6.61 Å². The summed E-state index contributed by atoms with van der Waals surface area (Å²) in [7, 11) is 0. The Kier molecular flexibility index (Phi) is 5.16. The molecule has 1 aromatic heterocycles. The van der Waals surface area contributed by atoms with E-state index in [9.17, 15) is 13.2 Å². The first-order valence-corrected chi connectivity index (χ1v) is 5.98. The molecule has 19 heavy (non-hydrogen) atoms. The van der Waals surface area contributed by atoms with Crippen LogP contribution in [0.4, 0.5) is 19.1 Å². The molecular weight excluding hydrogens is 285 g/mol. The highest BCUT2D eigenvalue weighted by Crippen LogP contribution is 2.23. The van der Waals surface area contributed by atoms with Crippen molar-refractivity contribution in [3.63, 3.8) is 0 Å². The summed E-state index contributed by atoms with van der Waals surface area (Å²) >= 11 is 5.66. The van der Waals surface area contributed by atoms with Gasteiger partial charge in [-0.15, -0.1) is 0 Å². The number of hydrogen-bond donors (Lipinski definition) is 0. The third-order valence-corrected chi connectivity index (χ3v) is 2.25. The SMILES string of the molecule is CCOc1nc(Cl)nc(N(CC(F)(F)F)C(C)C)n1. The van der Waals surface area contributed by atoms with E-state index in [1.807, 2.05) is 0 Å². The minimum absolute atomic E-state index is 0.0923. The van der Waals surface area contributed by atoms with Crippen molar-refractivity contribution in [3.8, 4) is 6.01 Å². The molecule has 1 heterocycles. The molecule has 0 aromatic carbocycles. The predicted molar refractivity (Wildman–Crippen MR) is 64.5 cm³/mol. The Morgan fingerprint density at radius 2 is 1.89 bits per heavy atom. The van der Waals surface area contributed by atoms with Gasteiger partial charge in [0.2, 0.25) is 11.2 Å². The van der Waals surface area contributed by atoms with E-state index >= 15 is 0 Å². The van der Waals surface area contributed by atoms with Crippen molar-refractivity contribution in [1.29, 1.82) is 0 Å². The zero-order valence-electron chi connectivity index (χ0n) is 10.7. The number of halogens is 4. The van der Waals surface area contributed by atoms with E-state index in [2.05, 4.69) is 15.0 Å². The van der Waals surface area contributed by atoms with Gasteiger partial charge in [-0.05, 0) is 32.4 Å². The van der Waals surface area contributed by atoms with Crippen molar-refractivity contribution in [3.05, 3.63) is 5.28 Å². The van der Waals surface area contributed by atoms with Gasteiger partial charge in [0.25, 0.3) is 0 Å². The number of nitrogens with zero attached hydrogens (tertiary/aromatic N) is 4. The molecule has 1 rings (SSSR count). The molecule has 0 spiro atoms. The van der Waals surface area contributed by atoms with Gasteiger partial charge in [-0.25, -0.2) is 0 Å². The fraction of sp³-hybridized carbons (Fsp3) is 0.700. The molecule has 0 saturated carbocycles. The topological polar surface area (TPSA) is 51.1 Å². The van der Waals surface area contributed by atoms with Gasteiger partial charge in [-0.3, -0.25) is 0 Å². The van der Waals surface area contributed by atoms with Crippen LogP contribution in [0, 0.1) is 0 Å². The Morgan fingerprint density at radius 3 is 2.37 bits per heavy atom. The molecule has 0 aliphatic rings. The van der Waals surface area contributed by atoms with Gasteiger partial charge in [-0.2, -0.15) is 28.1 Å². The average Bonchev–Trinajstić information content (AvgIpc) is 2.24. The zero-order valence-corrected chi connectivity index (χ0v) is 11.5. The molecule has 0 saturated heterocycles. The van der Waals surface area contributed by atoms with E-state index in [0.29, 0.717) is 0 Å². The standard InChI is InChI=1S/C10H14ClF3N4O/c1-4-19-9-16-7(11)15-8(17-9)18(6(2)3)5-10(12,13)14/h6H,4-5H2,1-3H3. The molecule has 0 N–H and O–H groups in total. The van der Waals surface area contributed by atoms with Crippen LogP contribution in [0.25, 0.3) is 0 Å². The summed E-state index contributed by atoms with van der Waals surface area (Å²) in [4.78, 5) is 12.2. The zero-order chi connectivity index (χ0) is 14.6. The van der Waals surface area contributed by atoms with Crippen molar-refractivity contribution in [2.24, 2.45) is 0 Å². The van der Waals surface area contributed by atoms with Crippen LogP contribution in [-0.4, -0.2) is 40.3 Å². The number of alkyl halides is 3. The predicted octanol–water partition coefficient (Wildman–Crippen LogP) is 2.70. The molecule has 0 bridgehead atoms. The third kappa shape index (κ3) is 5.06. The van der Waals surface area contributed by atoms with Gasteiger partial charge in [0, 0.05) is 6.04 Å². The van der Waals surface area contributed by atoms with E-state index in [1.54, 1.807) is 20.8 Å². The molecular formula is C10H14ClF3N4O. The molecule has 0 radical (unpaired) electrons. The Morgan fingerprint density at radius 1 is 1.26 bits per heavy atom. The van der Waals surface area contributed by atoms with Crippen molar-refractivity contribution < 1.29 is 17.9 Å². The molecule has 5 nitrogen and oxygen atoms in total. The number of aromatic nitrogens is 3. The number of rotatable bonds is 5. The second-order valence-electron chi connectivity index (χ2n) is 3.96. The first-order chi connectivity index (χ1) is 8.73. The largest absolute Gasteiger partial charge is 0.464 e. The smallest absolute Gasteiger partial charge is 0.406 e. The first kappa shape index (κ1) is 15.7. The molecule has 0 fully saturated rings. The summed E-state index contributed by atoms with van der Waals surface area (Å²) < 4.78 is 42.6. The Labute approximate surface area is 113 Å². The maximum Gasteiger partial charge on any atom is 0.406 e. The fourth-order valence-corrected chi connectivity index (χ4v) is 1.47. The molecule has 0 aliphatic heterocycles. The highest BCUT2D eigenvalue weighted by atomic mass is 35.5. The Bertz CT molecular complexity index is 428. The van der Waals surface area contributed by atoms with Crippen LogP contribution in [0.2, 0.25) is 5.28 Å². The molecule has 0 amide bonds. The Hall–Kier alpha value is -1.31. The van der Waals surface area contributed by atoms with Gasteiger partial charge in [-0.1, -0.05) is 0 Å². The molecule has 9 heteroatoms. The van der Waals surface area contributed by atoms with Crippen molar-refractivity contribution in [1.82, 2.24) is 15.0 Å². The lowest BCUT2D eigenvalue weighted by atomic mass is 10.3. The quantitative estimate of drug-likeness (QED) is 0.836. The maximum absolute atomic E-state index is 12.5. The van der Waals surface area contributed by atoms with E-state index < -0.39 is 18.8 Å². The maximum atomic E-state index is 12.5. The third-order valence-electron chi connectivity index (χ3n) is 2.08. The summed E-state index contributed by atoms with van der Waals surface area (Å²) in [5.74, 6) is -0.157. The first-order valence-electron chi connectivity index (χ1n) is 5.60. The van der Waals surface area contributed by atoms with Crippen molar-refractivity contribution in [2.45, 2.75) is 33.0 Å². The highest BCUT2D eigenvalue weighted by molar-refractivity contribution is 6.28. The monoisotopic (exact) mass is 298 g/mol. The van der Waals surface area contributed by atoms with E-state index in [1.165, 1.54) is 0 Å². The lowest BCUT2D eigenvalue weighted by Gasteiger charge is -2.27. The van der Waals surface area contributed by atoms with Gasteiger partial charge >= 0.3 is 12.2 Å². The molecule has 0 atom stereocenters.